The molecule has 0 saturated heterocycles. The van der Waals surface area contributed by atoms with Crippen LogP contribution in [0.1, 0.15) is 33.3 Å². The molecule has 0 aliphatic carbocycles. The summed E-state index contributed by atoms with van der Waals surface area (Å²) in [6.45, 7) is 8.54. The van der Waals surface area contributed by atoms with Crippen LogP contribution >= 0.6 is 0 Å². The highest BCUT2D eigenvalue weighted by Crippen LogP contribution is 2.15. The van der Waals surface area contributed by atoms with Crippen LogP contribution in [0.15, 0.2) is 42.5 Å². The molecule has 0 fully saturated rings. The minimum atomic E-state index is -0.212. The average Bonchev–Trinajstić information content (AvgIpc) is 2.42. The van der Waals surface area contributed by atoms with Crippen molar-refractivity contribution in [2.24, 2.45) is 0 Å². The van der Waals surface area contributed by atoms with Crippen LogP contribution in [0.2, 0.25) is 0 Å². The van der Waals surface area contributed by atoms with E-state index in [4.69, 9.17) is 0 Å². The van der Waals surface area contributed by atoms with Gasteiger partial charge in [0.25, 0.3) is 0 Å². The molecule has 0 saturated carbocycles. The first-order valence-electron chi connectivity index (χ1n) is 7.38. The first-order chi connectivity index (χ1) is 9.85. The van der Waals surface area contributed by atoms with Gasteiger partial charge in [-0.25, -0.2) is 0 Å². The number of amides is 1. The Morgan fingerprint density at radius 2 is 1.76 bits per heavy atom. The lowest BCUT2D eigenvalue weighted by Gasteiger charge is -2.23. The second-order valence-electron chi connectivity index (χ2n) is 6.52. The summed E-state index contributed by atoms with van der Waals surface area (Å²) in [7, 11) is 0. The van der Waals surface area contributed by atoms with Gasteiger partial charge in [-0.15, -0.1) is 0 Å². The number of carbonyl (C=O) groups excluding carboxylic acids is 1. The number of rotatable bonds is 4. The van der Waals surface area contributed by atoms with E-state index in [2.05, 4.69) is 41.0 Å². The second-order valence-corrected chi connectivity index (χ2v) is 6.52. The van der Waals surface area contributed by atoms with E-state index in [-0.39, 0.29) is 17.5 Å². The molecule has 0 aliphatic rings. The highest BCUT2D eigenvalue weighted by Gasteiger charge is 2.18. The molecule has 1 amide bonds. The van der Waals surface area contributed by atoms with Crippen molar-refractivity contribution in [3.8, 4) is 0 Å². The second kappa shape index (κ2) is 6.27. The summed E-state index contributed by atoms with van der Waals surface area (Å²) < 4.78 is 0. The highest BCUT2D eigenvalue weighted by molar-refractivity contribution is 5.83. The molecule has 2 N–H and O–H groups in total. The Bertz CT molecular complexity index is 628. The lowest BCUT2D eigenvalue weighted by Crippen LogP contribution is -2.49. The Labute approximate surface area is 126 Å². The zero-order valence-electron chi connectivity index (χ0n) is 13.2. The van der Waals surface area contributed by atoms with Crippen molar-refractivity contribution in [1.82, 2.24) is 10.6 Å². The zero-order chi connectivity index (χ0) is 15.5. The topological polar surface area (TPSA) is 41.1 Å². The summed E-state index contributed by atoms with van der Waals surface area (Å²) in [5.74, 6) is 0.0308. The van der Waals surface area contributed by atoms with Gasteiger partial charge in [-0.3, -0.25) is 4.79 Å². The van der Waals surface area contributed by atoms with Gasteiger partial charge in [-0.1, -0.05) is 36.4 Å². The van der Waals surface area contributed by atoms with Crippen molar-refractivity contribution < 1.29 is 4.79 Å². The molecule has 3 heteroatoms. The van der Waals surface area contributed by atoms with Gasteiger partial charge in [0.1, 0.15) is 0 Å². The molecule has 1 unspecified atom stereocenters. The summed E-state index contributed by atoms with van der Waals surface area (Å²) in [6.07, 6.45) is 0. The Balaban J connectivity index is 1.96. The molecule has 112 valence electrons. The molecule has 2 aromatic carbocycles. The molecule has 0 heterocycles. The lowest BCUT2D eigenvalue weighted by atomic mass is 10.1. The summed E-state index contributed by atoms with van der Waals surface area (Å²) in [5.41, 5.74) is 0.986. The van der Waals surface area contributed by atoms with E-state index in [0.29, 0.717) is 6.54 Å². The maximum absolute atomic E-state index is 12.0. The summed E-state index contributed by atoms with van der Waals surface area (Å²) in [6, 6.07) is 14.5. The third kappa shape index (κ3) is 4.57. The van der Waals surface area contributed by atoms with Crippen molar-refractivity contribution in [3.05, 3.63) is 48.0 Å². The predicted octanol–water partition coefficient (Wildman–Crippen LogP) is 3.23. The van der Waals surface area contributed by atoms with Crippen LogP contribution in [-0.4, -0.2) is 17.5 Å². The van der Waals surface area contributed by atoms with Crippen molar-refractivity contribution in [2.45, 2.75) is 45.8 Å². The fourth-order valence-corrected chi connectivity index (χ4v) is 2.19. The van der Waals surface area contributed by atoms with Gasteiger partial charge >= 0.3 is 0 Å². The highest BCUT2D eigenvalue weighted by atomic mass is 16.2. The Kier molecular flexibility index (Phi) is 4.63. The van der Waals surface area contributed by atoms with Crippen LogP contribution in [-0.2, 0) is 11.3 Å². The summed E-state index contributed by atoms with van der Waals surface area (Å²) in [4.78, 5) is 12.0. The predicted molar refractivity (Wildman–Crippen MR) is 88.1 cm³/mol. The SMILES string of the molecule is CC(NCc1ccc2ccccc2c1)C(=O)NC(C)(C)C. The largest absolute Gasteiger partial charge is 0.350 e. The van der Waals surface area contributed by atoms with Gasteiger partial charge in [0, 0.05) is 12.1 Å². The summed E-state index contributed by atoms with van der Waals surface area (Å²) in [5, 5.41) is 8.72. The van der Waals surface area contributed by atoms with Crippen LogP contribution in [0.5, 0.6) is 0 Å². The number of nitrogens with one attached hydrogen (secondary N) is 2. The Hall–Kier alpha value is -1.87. The van der Waals surface area contributed by atoms with Gasteiger partial charge in [-0.2, -0.15) is 0 Å². The molecule has 0 aromatic heterocycles. The minimum Gasteiger partial charge on any atom is -0.350 e. The molecule has 0 bridgehead atoms. The van der Waals surface area contributed by atoms with Gasteiger partial charge in [0.2, 0.25) is 5.91 Å². The minimum absolute atomic E-state index is 0.0308. The van der Waals surface area contributed by atoms with Crippen molar-refractivity contribution in [2.75, 3.05) is 0 Å². The van der Waals surface area contributed by atoms with Crippen molar-refractivity contribution in [3.63, 3.8) is 0 Å². The third-order valence-electron chi connectivity index (χ3n) is 3.32. The maximum Gasteiger partial charge on any atom is 0.237 e. The van der Waals surface area contributed by atoms with Gasteiger partial charge in [-0.05, 0) is 50.1 Å². The number of fused-ring (bicyclic) bond motifs is 1. The zero-order valence-corrected chi connectivity index (χ0v) is 13.2. The number of benzene rings is 2. The molecule has 2 rings (SSSR count). The quantitative estimate of drug-likeness (QED) is 0.905. The molecular weight excluding hydrogens is 260 g/mol. The molecule has 21 heavy (non-hydrogen) atoms. The fraction of sp³-hybridized carbons (Fsp3) is 0.389. The standard InChI is InChI=1S/C18H24N2O/c1-13(17(21)20-18(2,3)4)19-12-14-9-10-15-7-5-6-8-16(15)11-14/h5-11,13,19H,12H2,1-4H3,(H,20,21). The lowest BCUT2D eigenvalue weighted by molar-refractivity contribution is -0.124. The summed E-state index contributed by atoms with van der Waals surface area (Å²) >= 11 is 0. The van der Waals surface area contributed by atoms with E-state index >= 15 is 0 Å². The number of carbonyl (C=O) groups is 1. The number of hydrogen-bond acceptors (Lipinski definition) is 2. The molecule has 0 spiro atoms. The Morgan fingerprint density at radius 1 is 1.10 bits per heavy atom. The van der Waals surface area contributed by atoms with E-state index < -0.39 is 0 Å². The molecule has 2 aromatic rings. The first-order valence-corrected chi connectivity index (χ1v) is 7.38. The van der Waals surface area contributed by atoms with Crippen LogP contribution in [0.25, 0.3) is 10.8 Å². The van der Waals surface area contributed by atoms with E-state index in [9.17, 15) is 4.79 Å². The molecular formula is C18H24N2O. The van der Waals surface area contributed by atoms with E-state index in [1.54, 1.807) is 0 Å². The average molecular weight is 284 g/mol. The number of hydrogen-bond donors (Lipinski definition) is 2. The molecule has 3 nitrogen and oxygen atoms in total. The third-order valence-corrected chi connectivity index (χ3v) is 3.32. The van der Waals surface area contributed by atoms with Crippen LogP contribution < -0.4 is 10.6 Å². The van der Waals surface area contributed by atoms with E-state index in [0.717, 1.165) is 0 Å². The first kappa shape index (κ1) is 15.5. The van der Waals surface area contributed by atoms with Crippen LogP contribution in [0, 0.1) is 0 Å². The molecule has 1 atom stereocenters. The van der Waals surface area contributed by atoms with Gasteiger partial charge in [0.05, 0.1) is 6.04 Å². The van der Waals surface area contributed by atoms with Crippen LogP contribution in [0.3, 0.4) is 0 Å². The van der Waals surface area contributed by atoms with Crippen molar-refractivity contribution in [1.29, 1.82) is 0 Å². The molecule has 0 radical (unpaired) electrons. The smallest absolute Gasteiger partial charge is 0.237 e. The van der Waals surface area contributed by atoms with Crippen LogP contribution in [0.4, 0.5) is 0 Å². The fourth-order valence-electron chi connectivity index (χ4n) is 2.19. The Morgan fingerprint density at radius 3 is 2.43 bits per heavy atom. The normalized spacial score (nSPS) is 13.1. The van der Waals surface area contributed by atoms with Crippen molar-refractivity contribution >= 4 is 16.7 Å². The van der Waals surface area contributed by atoms with E-state index in [1.807, 2.05) is 39.8 Å². The van der Waals surface area contributed by atoms with Gasteiger partial charge < -0.3 is 10.6 Å². The van der Waals surface area contributed by atoms with E-state index in [1.165, 1.54) is 16.3 Å². The maximum atomic E-state index is 12.0. The molecule has 0 aliphatic heterocycles. The monoisotopic (exact) mass is 284 g/mol. The van der Waals surface area contributed by atoms with Gasteiger partial charge in [0.15, 0.2) is 0 Å².